The first-order chi connectivity index (χ1) is 14.6. The second kappa shape index (κ2) is 8.48. The van der Waals surface area contributed by atoms with Crippen molar-refractivity contribution in [2.45, 2.75) is 12.6 Å². The molecule has 0 radical (unpaired) electrons. The van der Waals surface area contributed by atoms with Crippen LogP contribution in [0.25, 0.3) is 10.9 Å². The molecule has 1 heterocycles. The summed E-state index contributed by atoms with van der Waals surface area (Å²) in [4.78, 5) is 38.2. The van der Waals surface area contributed by atoms with E-state index in [1.54, 1.807) is 84.9 Å². The Bertz CT molecular complexity index is 1250. The van der Waals surface area contributed by atoms with Gasteiger partial charge < -0.3 is 4.74 Å². The molecule has 0 spiro atoms. The van der Waals surface area contributed by atoms with Gasteiger partial charge in [0, 0.05) is 11.1 Å². The summed E-state index contributed by atoms with van der Waals surface area (Å²) >= 11 is 0. The number of rotatable bonds is 6. The number of carbonyl (C=O) groups is 2. The van der Waals surface area contributed by atoms with Crippen molar-refractivity contribution in [3.05, 3.63) is 106 Å². The van der Waals surface area contributed by atoms with Crippen molar-refractivity contribution in [1.29, 1.82) is 0 Å². The Kier molecular flexibility index (Phi) is 5.43. The first-order valence-electron chi connectivity index (χ1n) is 9.30. The molecule has 1 aromatic heterocycles. The normalized spacial score (nSPS) is 11.7. The molecule has 7 nitrogen and oxygen atoms in total. The molecule has 148 valence electrons. The second-order valence-electron chi connectivity index (χ2n) is 6.58. The smallest absolute Gasteiger partial charge is 0.329 e. The average Bonchev–Trinajstić information content (AvgIpc) is 2.80. The molecule has 30 heavy (non-hydrogen) atoms. The summed E-state index contributed by atoms with van der Waals surface area (Å²) in [7, 11) is 0. The summed E-state index contributed by atoms with van der Waals surface area (Å²) in [6.45, 7) is -0.456. The van der Waals surface area contributed by atoms with Crippen molar-refractivity contribution >= 4 is 22.7 Å². The standard InChI is InChI=1S/C23H17N3O4/c27-20(15-26-23(29)18-13-7-8-14-19(18)24-25-26)30-22(17-11-5-2-6-12-17)21(28)16-9-3-1-4-10-16/h1-14,22H,15H2. The predicted molar refractivity (Wildman–Crippen MR) is 110 cm³/mol. The lowest BCUT2D eigenvalue weighted by Gasteiger charge is -2.17. The highest BCUT2D eigenvalue weighted by Gasteiger charge is 2.26. The maximum Gasteiger partial charge on any atom is 0.329 e. The molecule has 0 saturated heterocycles. The first-order valence-corrected chi connectivity index (χ1v) is 9.30. The fourth-order valence-corrected chi connectivity index (χ4v) is 3.07. The molecule has 1 atom stereocenters. The number of nitrogens with zero attached hydrogens (tertiary/aromatic N) is 3. The van der Waals surface area contributed by atoms with Crippen molar-refractivity contribution in [1.82, 2.24) is 15.0 Å². The van der Waals surface area contributed by atoms with E-state index >= 15 is 0 Å². The van der Waals surface area contributed by atoms with Crippen molar-refractivity contribution in [2.24, 2.45) is 0 Å². The van der Waals surface area contributed by atoms with Gasteiger partial charge >= 0.3 is 5.97 Å². The molecule has 0 fully saturated rings. The molecule has 1 unspecified atom stereocenters. The molecule has 0 N–H and O–H groups in total. The van der Waals surface area contributed by atoms with E-state index in [0.29, 0.717) is 22.0 Å². The Labute approximate surface area is 171 Å². The average molecular weight is 399 g/mol. The molecule has 0 aliphatic carbocycles. The minimum absolute atomic E-state index is 0.347. The van der Waals surface area contributed by atoms with Crippen LogP contribution in [0, 0.1) is 0 Å². The number of ether oxygens (including phenoxy) is 1. The Morgan fingerprint density at radius 3 is 2.23 bits per heavy atom. The quantitative estimate of drug-likeness (QED) is 0.366. The zero-order valence-corrected chi connectivity index (χ0v) is 15.8. The third-order valence-corrected chi connectivity index (χ3v) is 4.56. The fourth-order valence-electron chi connectivity index (χ4n) is 3.07. The molecule has 0 bridgehead atoms. The topological polar surface area (TPSA) is 91.2 Å². The number of hydrogen-bond acceptors (Lipinski definition) is 6. The van der Waals surface area contributed by atoms with Gasteiger partial charge in [-0.3, -0.25) is 14.4 Å². The van der Waals surface area contributed by atoms with E-state index in [9.17, 15) is 14.4 Å². The van der Waals surface area contributed by atoms with Crippen LogP contribution in [0.3, 0.4) is 0 Å². The number of aromatic nitrogens is 3. The molecule has 0 saturated carbocycles. The van der Waals surface area contributed by atoms with E-state index < -0.39 is 24.2 Å². The zero-order chi connectivity index (χ0) is 20.9. The van der Waals surface area contributed by atoms with Crippen molar-refractivity contribution in [3.63, 3.8) is 0 Å². The third kappa shape index (κ3) is 4.00. The Hall–Kier alpha value is -4.13. The maximum absolute atomic E-state index is 13.0. The van der Waals surface area contributed by atoms with Gasteiger partial charge in [-0.05, 0) is 12.1 Å². The van der Waals surface area contributed by atoms with Gasteiger partial charge in [0.25, 0.3) is 5.56 Å². The Morgan fingerprint density at radius 2 is 1.50 bits per heavy atom. The fraction of sp³-hybridized carbons (Fsp3) is 0.0870. The van der Waals surface area contributed by atoms with E-state index in [-0.39, 0.29) is 5.78 Å². The molecule has 4 rings (SSSR count). The van der Waals surface area contributed by atoms with Crippen LogP contribution in [0.4, 0.5) is 0 Å². The van der Waals surface area contributed by atoms with Crippen molar-refractivity contribution in [2.75, 3.05) is 0 Å². The lowest BCUT2D eigenvalue weighted by atomic mass is 10.00. The lowest BCUT2D eigenvalue weighted by molar-refractivity contribution is -0.148. The van der Waals surface area contributed by atoms with Gasteiger partial charge in [-0.25, -0.2) is 0 Å². The minimum atomic E-state index is -1.13. The van der Waals surface area contributed by atoms with Crippen LogP contribution in [-0.2, 0) is 16.1 Å². The molecule has 0 aliphatic rings. The summed E-state index contributed by atoms with van der Waals surface area (Å²) in [6, 6.07) is 24.1. The molecule has 3 aromatic carbocycles. The summed E-state index contributed by atoms with van der Waals surface area (Å²) < 4.78 is 6.44. The van der Waals surface area contributed by atoms with Crippen molar-refractivity contribution in [3.8, 4) is 0 Å². The van der Waals surface area contributed by atoms with E-state index in [4.69, 9.17) is 4.74 Å². The monoisotopic (exact) mass is 399 g/mol. The Morgan fingerprint density at radius 1 is 0.867 bits per heavy atom. The van der Waals surface area contributed by atoms with Crippen LogP contribution < -0.4 is 5.56 Å². The minimum Gasteiger partial charge on any atom is -0.448 e. The summed E-state index contributed by atoms with van der Waals surface area (Å²) in [5.41, 5.74) is 0.940. The van der Waals surface area contributed by atoms with Gasteiger partial charge in [-0.2, -0.15) is 4.68 Å². The number of benzene rings is 3. The lowest BCUT2D eigenvalue weighted by Crippen LogP contribution is -2.30. The molecular weight excluding hydrogens is 382 g/mol. The number of hydrogen-bond donors (Lipinski definition) is 0. The van der Waals surface area contributed by atoms with Gasteiger partial charge in [0.05, 0.1) is 5.39 Å². The van der Waals surface area contributed by atoms with E-state index in [0.717, 1.165) is 4.68 Å². The summed E-state index contributed by atoms with van der Waals surface area (Å²) in [6.07, 6.45) is -1.13. The van der Waals surface area contributed by atoms with E-state index in [1.165, 1.54) is 0 Å². The molecule has 4 aromatic rings. The number of ketones is 1. The molecule has 0 amide bonds. The van der Waals surface area contributed by atoms with Crippen LogP contribution >= 0.6 is 0 Å². The molecular formula is C23H17N3O4. The van der Waals surface area contributed by atoms with Crippen LogP contribution in [0.2, 0.25) is 0 Å². The maximum atomic E-state index is 13.0. The van der Waals surface area contributed by atoms with Gasteiger partial charge in [0.1, 0.15) is 12.1 Å². The van der Waals surface area contributed by atoms with Crippen LogP contribution in [-0.4, -0.2) is 26.7 Å². The van der Waals surface area contributed by atoms with Gasteiger partial charge in [0.15, 0.2) is 6.10 Å². The SMILES string of the molecule is O=C(Cn1nnc2ccccc2c1=O)OC(C(=O)c1ccccc1)c1ccccc1. The van der Waals surface area contributed by atoms with Crippen LogP contribution in [0.5, 0.6) is 0 Å². The Balaban J connectivity index is 1.60. The molecule has 0 aliphatic heterocycles. The zero-order valence-electron chi connectivity index (χ0n) is 15.8. The predicted octanol–water partition coefficient (Wildman–Crippen LogP) is 2.96. The van der Waals surface area contributed by atoms with E-state index in [2.05, 4.69) is 10.3 Å². The van der Waals surface area contributed by atoms with E-state index in [1.807, 2.05) is 0 Å². The van der Waals surface area contributed by atoms with Crippen molar-refractivity contribution < 1.29 is 14.3 Å². The highest BCUT2D eigenvalue weighted by Crippen LogP contribution is 2.23. The van der Waals surface area contributed by atoms with Crippen LogP contribution in [0.1, 0.15) is 22.0 Å². The highest BCUT2D eigenvalue weighted by molar-refractivity contribution is 6.01. The van der Waals surface area contributed by atoms with Gasteiger partial charge in [-0.15, -0.1) is 5.10 Å². The summed E-state index contributed by atoms with van der Waals surface area (Å²) in [5, 5.41) is 8.10. The number of carbonyl (C=O) groups excluding carboxylic acids is 2. The number of esters is 1. The highest BCUT2D eigenvalue weighted by atomic mass is 16.5. The largest absolute Gasteiger partial charge is 0.448 e. The number of fused-ring (bicyclic) bond motifs is 1. The number of Topliss-reactive ketones (excluding diaryl/α,β-unsaturated/α-hetero) is 1. The van der Waals surface area contributed by atoms with Gasteiger partial charge in [0.2, 0.25) is 5.78 Å². The second-order valence-corrected chi connectivity index (χ2v) is 6.58. The molecule has 7 heteroatoms. The van der Waals surface area contributed by atoms with Gasteiger partial charge in [-0.1, -0.05) is 78.0 Å². The first kappa shape index (κ1) is 19.2. The summed E-state index contributed by atoms with van der Waals surface area (Å²) in [5.74, 6) is -1.12. The van der Waals surface area contributed by atoms with Crippen LogP contribution in [0.15, 0.2) is 89.7 Å². The third-order valence-electron chi connectivity index (χ3n) is 4.56.